The maximum Gasteiger partial charge on any atom is 0.318 e. The molecule has 25 heavy (non-hydrogen) atoms. The van der Waals surface area contributed by atoms with Gasteiger partial charge in [0.2, 0.25) is 0 Å². The summed E-state index contributed by atoms with van der Waals surface area (Å²) in [6.45, 7) is 4.99. The third kappa shape index (κ3) is 4.73. The summed E-state index contributed by atoms with van der Waals surface area (Å²) >= 11 is 0. The number of methoxy groups -OCH3 is 1. The number of quaternary nitrogens is 1. The molecule has 0 spiro atoms. The third-order valence-corrected chi connectivity index (χ3v) is 4.68. The van der Waals surface area contributed by atoms with E-state index in [0.29, 0.717) is 6.54 Å². The molecule has 132 valence electrons. The molecule has 1 aliphatic rings. The molecule has 1 aliphatic heterocycles. The first-order valence-electron chi connectivity index (χ1n) is 8.78. The van der Waals surface area contributed by atoms with E-state index < -0.39 is 0 Å². The fourth-order valence-electron chi connectivity index (χ4n) is 3.21. The molecule has 3 rings (SSSR count). The summed E-state index contributed by atoms with van der Waals surface area (Å²) in [5.41, 5.74) is 2.35. The van der Waals surface area contributed by atoms with Crippen LogP contribution in [0, 0.1) is 0 Å². The van der Waals surface area contributed by atoms with Gasteiger partial charge in [0.25, 0.3) is 0 Å². The molecular formula is C20H26N3O2+. The molecule has 0 aliphatic carbocycles. The summed E-state index contributed by atoms with van der Waals surface area (Å²) in [5.74, 6) is 0.943. The number of ether oxygens (including phenoxy) is 1. The highest BCUT2D eigenvalue weighted by molar-refractivity contribution is 5.74. The van der Waals surface area contributed by atoms with E-state index in [0.717, 1.165) is 44.0 Å². The zero-order valence-corrected chi connectivity index (χ0v) is 14.7. The van der Waals surface area contributed by atoms with Gasteiger partial charge < -0.3 is 19.9 Å². The topological polar surface area (TPSA) is 46.0 Å². The van der Waals surface area contributed by atoms with Crippen LogP contribution in [0.15, 0.2) is 54.6 Å². The summed E-state index contributed by atoms with van der Waals surface area (Å²) in [6.07, 6.45) is 0. The van der Waals surface area contributed by atoms with Gasteiger partial charge in [-0.25, -0.2) is 4.79 Å². The number of para-hydroxylation sites is 1. The van der Waals surface area contributed by atoms with Crippen LogP contribution in [0.3, 0.4) is 0 Å². The van der Waals surface area contributed by atoms with E-state index >= 15 is 0 Å². The number of nitrogens with zero attached hydrogens (tertiary/aromatic N) is 1. The Kier molecular flexibility index (Phi) is 5.90. The predicted octanol–water partition coefficient (Wildman–Crippen LogP) is 1.31. The Morgan fingerprint density at radius 1 is 1.08 bits per heavy atom. The molecule has 5 heteroatoms. The van der Waals surface area contributed by atoms with Gasteiger partial charge in [0.1, 0.15) is 12.3 Å². The zero-order chi connectivity index (χ0) is 17.5. The minimum absolute atomic E-state index is 0.0280. The summed E-state index contributed by atoms with van der Waals surface area (Å²) < 4.78 is 5.43. The highest BCUT2D eigenvalue weighted by Gasteiger charge is 2.24. The molecule has 0 radical (unpaired) electrons. The summed E-state index contributed by atoms with van der Waals surface area (Å²) in [5, 5.41) is 3.01. The van der Waals surface area contributed by atoms with Crippen LogP contribution in [-0.4, -0.2) is 44.2 Å². The fraction of sp³-hybridized carbons (Fsp3) is 0.350. The van der Waals surface area contributed by atoms with Gasteiger partial charge in [-0.2, -0.15) is 0 Å². The Morgan fingerprint density at radius 3 is 2.48 bits per heavy atom. The number of hydrogen-bond donors (Lipinski definition) is 2. The molecule has 5 nitrogen and oxygen atoms in total. The summed E-state index contributed by atoms with van der Waals surface area (Å²) in [6, 6.07) is 18.2. The van der Waals surface area contributed by atoms with E-state index in [1.807, 2.05) is 53.4 Å². The monoisotopic (exact) mass is 340 g/mol. The van der Waals surface area contributed by atoms with E-state index in [9.17, 15) is 4.79 Å². The molecule has 1 fully saturated rings. The summed E-state index contributed by atoms with van der Waals surface area (Å²) in [4.78, 5) is 15.7. The molecule has 0 unspecified atom stereocenters. The highest BCUT2D eigenvalue weighted by Crippen LogP contribution is 2.15. The maximum atomic E-state index is 12.3. The van der Waals surface area contributed by atoms with E-state index in [1.165, 1.54) is 10.5 Å². The summed E-state index contributed by atoms with van der Waals surface area (Å²) in [7, 11) is 1.71. The van der Waals surface area contributed by atoms with Crippen LogP contribution in [0.5, 0.6) is 5.75 Å². The van der Waals surface area contributed by atoms with Gasteiger partial charge in [0.05, 0.1) is 33.3 Å². The first kappa shape index (κ1) is 17.3. The molecule has 0 saturated carbocycles. The number of benzene rings is 2. The number of urea groups is 1. The van der Waals surface area contributed by atoms with Crippen LogP contribution in [0.2, 0.25) is 0 Å². The van der Waals surface area contributed by atoms with Gasteiger partial charge in [0.15, 0.2) is 0 Å². The average molecular weight is 340 g/mol. The smallest absolute Gasteiger partial charge is 0.318 e. The van der Waals surface area contributed by atoms with Crippen LogP contribution in [0.1, 0.15) is 11.1 Å². The molecular weight excluding hydrogens is 314 g/mol. The molecule has 0 bridgehead atoms. The van der Waals surface area contributed by atoms with Gasteiger partial charge in [-0.15, -0.1) is 0 Å². The lowest BCUT2D eigenvalue weighted by Crippen LogP contribution is -3.13. The minimum Gasteiger partial charge on any atom is -0.496 e. The molecule has 1 heterocycles. The van der Waals surface area contributed by atoms with Crippen molar-refractivity contribution in [3.8, 4) is 5.75 Å². The first-order valence-corrected chi connectivity index (χ1v) is 8.78. The van der Waals surface area contributed by atoms with E-state index in [2.05, 4.69) is 11.4 Å². The van der Waals surface area contributed by atoms with Crippen molar-refractivity contribution in [3.63, 3.8) is 0 Å². The van der Waals surface area contributed by atoms with Crippen molar-refractivity contribution in [1.82, 2.24) is 10.2 Å². The lowest BCUT2D eigenvalue weighted by Gasteiger charge is -2.32. The maximum absolute atomic E-state index is 12.3. The van der Waals surface area contributed by atoms with Crippen molar-refractivity contribution in [2.24, 2.45) is 0 Å². The second-order valence-electron chi connectivity index (χ2n) is 6.37. The molecule has 2 aromatic rings. The molecule has 2 amide bonds. The van der Waals surface area contributed by atoms with Crippen molar-refractivity contribution in [2.75, 3.05) is 33.3 Å². The lowest BCUT2D eigenvalue weighted by atomic mass is 10.1. The van der Waals surface area contributed by atoms with Crippen molar-refractivity contribution >= 4 is 6.03 Å². The number of nitrogens with one attached hydrogen (secondary N) is 2. The fourth-order valence-corrected chi connectivity index (χ4v) is 3.21. The Hall–Kier alpha value is -2.53. The lowest BCUT2D eigenvalue weighted by molar-refractivity contribution is -0.917. The minimum atomic E-state index is 0.0280. The van der Waals surface area contributed by atoms with Gasteiger partial charge >= 0.3 is 6.03 Å². The SMILES string of the molecule is COc1ccccc1C[NH+]1CCN(C(=O)NCc2ccccc2)CC1. The van der Waals surface area contributed by atoms with Crippen molar-refractivity contribution in [3.05, 3.63) is 65.7 Å². The Labute approximate surface area is 149 Å². The second-order valence-corrected chi connectivity index (χ2v) is 6.37. The van der Waals surface area contributed by atoms with E-state index in [1.54, 1.807) is 7.11 Å². The van der Waals surface area contributed by atoms with Crippen LogP contribution >= 0.6 is 0 Å². The van der Waals surface area contributed by atoms with E-state index in [-0.39, 0.29) is 6.03 Å². The number of hydrogen-bond acceptors (Lipinski definition) is 2. The molecule has 0 atom stereocenters. The van der Waals surface area contributed by atoms with Crippen molar-refractivity contribution in [2.45, 2.75) is 13.1 Å². The molecule has 2 aromatic carbocycles. The van der Waals surface area contributed by atoms with Crippen molar-refractivity contribution < 1.29 is 14.4 Å². The zero-order valence-electron chi connectivity index (χ0n) is 14.7. The Morgan fingerprint density at radius 2 is 1.76 bits per heavy atom. The van der Waals surface area contributed by atoms with Gasteiger partial charge in [0, 0.05) is 12.1 Å². The predicted molar refractivity (Wildman–Crippen MR) is 97.6 cm³/mol. The quantitative estimate of drug-likeness (QED) is 0.862. The first-order chi connectivity index (χ1) is 12.3. The number of amides is 2. The standard InChI is InChI=1S/C20H25N3O2/c1-25-19-10-6-5-9-18(19)16-22-11-13-23(14-12-22)20(24)21-15-17-7-3-2-4-8-17/h2-10H,11-16H2,1H3,(H,21,24)/p+1. The van der Waals surface area contributed by atoms with Gasteiger partial charge in [-0.05, 0) is 17.7 Å². The van der Waals surface area contributed by atoms with Gasteiger partial charge in [-0.1, -0.05) is 42.5 Å². The molecule has 0 aromatic heterocycles. The molecule has 1 saturated heterocycles. The largest absolute Gasteiger partial charge is 0.496 e. The number of carbonyl (C=O) groups excluding carboxylic acids is 1. The van der Waals surface area contributed by atoms with E-state index in [4.69, 9.17) is 4.74 Å². The van der Waals surface area contributed by atoms with Crippen LogP contribution in [0.25, 0.3) is 0 Å². The second kappa shape index (κ2) is 8.53. The van der Waals surface area contributed by atoms with Crippen LogP contribution < -0.4 is 15.0 Å². The third-order valence-electron chi connectivity index (χ3n) is 4.68. The highest BCUT2D eigenvalue weighted by atomic mass is 16.5. The molecule has 2 N–H and O–H groups in total. The number of rotatable bonds is 5. The Bertz CT molecular complexity index is 682. The Balaban J connectivity index is 1.46. The van der Waals surface area contributed by atoms with Gasteiger partial charge in [-0.3, -0.25) is 0 Å². The average Bonchev–Trinajstić information content (AvgIpc) is 2.68. The van der Waals surface area contributed by atoms with Crippen LogP contribution in [-0.2, 0) is 13.1 Å². The number of piperazine rings is 1. The van der Waals surface area contributed by atoms with Crippen molar-refractivity contribution in [1.29, 1.82) is 0 Å². The normalized spacial score (nSPS) is 15.0. The number of carbonyl (C=O) groups is 1. The van der Waals surface area contributed by atoms with Crippen LogP contribution in [0.4, 0.5) is 4.79 Å².